The van der Waals surface area contributed by atoms with E-state index >= 15 is 0 Å². The van der Waals surface area contributed by atoms with Gasteiger partial charge in [0.05, 0.1) is 16.5 Å². The number of imide groups is 1. The van der Waals surface area contributed by atoms with Crippen LogP contribution in [-0.2, 0) is 19.8 Å². The summed E-state index contributed by atoms with van der Waals surface area (Å²) in [5.41, 5.74) is 0.836. The minimum atomic E-state index is -0.695. The number of hydrogen-bond donors (Lipinski definition) is 2. The molecule has 1 aliphatic rings. The maximum atomic E-state index is 12.5. The highest BCUT2D eigenvalue weighted by Gasteiger charge is 2.42. The van der Waals surface area contributed by atoms with Crippen molar-refractivity contribution in [1.82, 2.24) is 5.32 Å². The molecule has 1 fully saturated rings. The highest BCUT2D eigenvalue weighted by molar-refractivity contribution is 9.10. The molecule has 0 radical (unpaired) electrons. The van der Waals surface area contributed by atoms with Crippen molar-refractivity contribution in [1.29, 1.82) is 0 Å². The number of halogens is 1. The Hall–Kier alpha value is -2.67. The van der Waals surface area contributed by atoms with E-state index in [1.165, 1.54) is 0 Å². The van der Waals surface area contributed by atoms with Gasteiger partial charge in [-0.05, 0) is 65.0 Å². The third-order valence-corrected chi connectivity index (χ3v) is 6.09. The van der Waals surface area contributed by atoms with E-state index in [-0.39, 0.29) is 17.7 Å². The smallest absolute Gasteiger partial charge is 0.237 e. The molecule has 2 N–H and O–H groups in total. The van der Waals surface area contributed by atoms with Gasteiger partial charge in [0.1, 0.15) is 5.75 Å². The van der Waals surface area contributed by atoms with Gasteiger partial charge < -0.3 is 10.1 Å². The number of carbonyl (C=O) groups is 3. The largest absolute Gasteiger partial charge is 0.492 e. The molecular weight excluding hydrogens is 448 g/mol. The van der Waals surface area contributed by atoms with Crippen LogP contribution in [0.15, 0.2) is 53.0 Å². The fourth-order valence-corrected chi connectivity index (χ4v) is 4.04. The Balaban J connectivity index is 1.51. The van der Waals surface area contributed by atoms with E-state index in [0.717, 1.165) is 15.8 Å². The second-order valence-corrected chi connectivity index (χ2v) is 8.18. The van der Waals surface area contributed by atoms with Crippen LogP contribution in [0.3, 0.4) is 0 Å². The topological polar surface area (TPSA) is 84.5 Å². The number of hydrogen-bond acceptors (Lipinski definition) is 4. The molecule has 1 unspecified atom stereocenters. The van der Waals surface area contributed by atoms with E-state index in [1.807, 2.05) is 43.3 Å². The fourth-order valence-electron chi connectivity index (χ4n) is 3.64. The number of amides is 3. The third-order valence-electron chi connectivity index (χ3n) is 5.43. The van der Waals surface area contributed by atoms with E-state index < -0.39 is 5.41 Å². The van der Waals surface area contributed by atoms with Gasteiger partial charge in [0.25, 0.3) is 0 Å². The van der Waals surface area contributed by atoms with Crippen molar-refractivity contribution in [3.63, 3.8) is 0 Å². The minimum Gasteiger partial charge on any atom is -0.492 e. The van der Waals surface area contributed by atoms with E-state index in [4.69, 9.17) is 4.74 Å². The predicted molar refractivity (Wildman–Crippen MR) is 118 cm³/mol. The maximum absolute atomic E-state index is 12.5. The second kappa shape index (κ2) is 9.89. The van der Waals surface area contributed by atoms with E-state index in [2.05, 4.69) is 26.6 Å². The first kappa shape index (κ1) is 22.0. The number of piperidine rings is 1. The van der Waals surface area contributed by atoms with Gasteiger partial charge in [-0.2, -0.15) is 0 Å². The maximum Gasteiger partial charge on any atom is 0.237 e. The van der Waals surface area contributed by atoms with Crippen molar-refractivity contribution >= 4 is 39.3 Å². The fraction of sp³-hybridized carbons (Fsp3) is 0.348. The summed E-state index contributed by atoms with van der Waals surface area (Å²) in [7, 11) is 0. The van der Waals surface area contributed by atoms with Gasteiger partial charge in [-0.3, -0.25) is 19.7 Å². The Kier molecular flexibility index (Phi) is 7.26. The zero-order valence-corrected chi connectivity index (χ0v) is 18.5. The van der Waals surface area contributed by atoms with Crippen LogP contribution in [0.2, 0.25) is 0 Å². The summed E-state index contributed by atoms with van der Waals surface area (Å²) in [6.45, 7) is 2.39. The lowest BCUT2D eigenvalue weighted by atomic mass is 9.72. The predicted octanol–water partition coefficient (Wildman–Crippen LogP) is 4.33. The molecule has 1 aliphatic heterocycles. The van der Waals surface area contributed by atoms with Crippen LogP contribution < -0.4 is 15.4 Å². The molecule has 0 saturated carbocycles. The van der Waals surface area contributed by atoms with E-state index in [0.29, 0.717) is 44.4 Å². The summed E-state index contributed by atoms with van der Waals surface area (Å²) >= 11 is 3.43. The Morgan fingerprint density at radius 2 is 1.90 bits per heavy atom. The summed E-state index contributed by atoms with van der Waals surface area (Å²) in [5.74, 6) is 0.191. The molecule has 6 nitrogen and oxygen atoms in total. The first-order chi connectivity index (χ1) is 14.4. The lowest BCUT2D eigenvalue weighted by Gasteiger charge is -2.35. The van der Waals surface area contributed by atoms with Crippen molar-refractivity contribution in [3.05, 3.63) is 58.6 Å². The molecule has 1 heterocycles. The molecule has 3 rings (SSSR count). The highest BCUT2D eigenvalue weighted by atomic mass is 79.9. The average molecular weight is 473 g/mol. The quantitative estimate of drug-likeness (QED) is 0.442. The molecule has 0 spiro atoms. The lowest BCUT2D eigenvalue weighted by Crippen LogP contribution is -2.51. The number of ether oxygens (including phenoxy) is 1. The Morgan fingerprint density at radius 3 is 2.57 bits per heavy atom. The molecule has 0 aromatic heterocycles. The zero-order valence-electron chi connectivity index (χ0n) is 16.9. The van der Waals surface area contributed by atoms with Crippen molar-refractivity contribution in [3.8, 4) is 5.75 Å². The Labute approximate surface area is 184 Å². The van der Waals surface area contributed by atoms with Gasteiger partial charge >= 0.3 is 0 Å². The molecule has 1 atom stereocenters. The van der Waals surface area contributed by atoms with E-state index in [9.17, 15) is 14.4 Å². The van der Waals surface area contributed by atoms with Crippen molar-refractivity contribution in [2.75, 3.05) is 11.9 Å². The molecular formula is C23H25BrN2O4. The molecule has 3 amide bonds. The number of nitrogens with one attached hydrogen (secondary N) is 2. The summed E-state index contributed by atoms with van der Waals surface area (Å²) in [6.07, 6.45) is 2.38. The molecule has 30 heavy (non-hydrogen) atoms. The highest BCUT2D eigenvalue weighted by Crippen LogP contribution is 2.36. The average Bonchev–Trinajstić information content (AvgIpc) is 2.74. The molecule has 0 bridgehead atoms. The van der Waals surface area contributed by atoms with Gasteiger partial charge in [-0.1, -0.05) is 31.2 Å². The Morgan fingerprint density at radius 1 is 1.17 bits per heavy atom. The Bertz CT molecular complexity index is 929. The molecule has 158 valence electrons. The number of benzene rings is 2. The standard InChI is InChI=1S/C23H25BrN2O4/c1-2-23(14-13-21(28)26-22(23)29)16-9-11-17(12-10-16)25-20(27)8-5-15-30-19-7-4-3-6-18(19)24/h3-4,6-7,9-12H,2,5,8,13-15H2,1H3,(H,25,27)(H,26,28,29). The molecule has 1 saturated heterocycles. The first-order valence-electron chi connectivity index (χ1n) is 10.1. The van der Waals surface area contributed by atoms with Crippen LogP contribution in [0.4, 0.5) is 5.69 Å². The van der Waals surface area contributed by atoms with Crippen molar-refractivity contribution in [2.45, 2.75) is 44.4 Å². The third kappa shape index (κ3) is 5.08. The van der Waals surface area contributed by atoms with E-state index in [1.54, 1.807) is 12.1 Å². The lowest BCUT2D eigenvalue weighted by molar-refractivity contribution is -0.138. The monoisotopic (exact) mass is 472 g/mol. The van der Waals surface area contributed by atoms with Crippen LogP contribution in [0.25, 0.3) is 0 Å². The SMILES string of the molecule is CCC1(c2ccc(NC(=O)CCCOc3ccccc3Br)cc2)CCC(=O)NC1=O. The summed E-state index contributed by atoms with van der Waals surface area (Å²) in [5, 5.41) is 5.32. The van der Waals surface area contributed by atoms with Gasteiger partial charge in [0, 0.05) is 18.5 Å². The molecule has 7 heteroatoms. The first-order valence-corrected chi connectivity index (χ1v) is 10.9. The van der Waals surface area contributed by atoms with Crippen molar-refractivity contribution in [2.24, 2.45) is 0 Å². The molecule has 0 aliphatic carbocycles. The van der Waals surface area contributed by atoms with Crippen LogP contribution in [0.5, 0.6) is 5.75 Å². The minimum absolute atomic E-state index is 0.0929. The number of para-hydroxylation sites is 1. The molecule has 2 aromatic carbocycles. The van der Waals surface area contributed by atoms with Crippen LogP contribution in [-0.4, -0.2) is 24.3 Å². The van der Waals surface area contributed by atoms with Crippen LogP contribution >= 0.6 is 15.9 Å². The number of anilines is 1. The van der Waals surface area contributed by atoms with Gasteiger partial charge in [-0.25, -0.2) is 0 Å². The second-order valence-electron chi connectivity index (χ2n) is 7.32. The summed E-state index contributed by atoms with van der Waals surface area (Å²) < 4.78 is 6.56. The number of rotatable bonds is 8. The molecule has 2 aromatic rings. The summed E-state index contributed by atoms with van der Waals surface area (Å²) in [4.78, 5) is 36.2. The van der Waals surface area contributed by atoms with Gasteiger partial charge in [0.15, 0.2) is 0 Å². The van der Waals surface area contributed by atoms with Gasteiger partial charge in [0.2, 0.25) is 17.7 Å². The zero-order chi connectivity index (χ0) is 21.6. The van der Waals surface area contributed by atoms with Crippen molar-refractivity contribution < 1.29 is 19.1 Å². The summed E-state index contributed by atoms with van der Waals surface area (Å²) in [6, 6.07) is 14.9. The normalized spacial score (nSPS) is 18.6. The van der Waals surface area contributed by atoms with Gasteiger partial charge in [-0.15, -0.1) is 0 Å². The number of carbonyl (C=O) groups excluding carboxylic acids is 3. The van der Waals surface area contributed by atoms with Crippen LogP contribution in [0, 0.1) is 0 Å². The van der Waals surface area contributed by atoms with Crippen LogP contribution in [0.1, 0.15) is 44.6 Å².